The first-order chi connectivity index (χ1) is 9.31. The molecule has 4 N–H and O–H groups in total. The smallest absolute Gasteiger partial charge is 0.241 e. The lowest BCUT2D eigenvalue weighted by Gasteiger charge is -2.17. The SMILES string of the molecule is CC[C@H](C)[C@H](N)C(=O)Nc1ccc(S(=O)(=O)NC)cc1. The van der Waals surface area contributed by atoms with Crippen molar-refractivity contribution in [3.63, 3.8) is 0 Å². The van der Waals surface area contributed by atoms with Gasteiger partial charge in [-0.25, -0.2) is 13.1 Å². The van der Waals surface area contributed by atoms with Gasteiger partial charge in [-0.1, -0.05) is 20.3 Å². The predicted molar refractivity (Wildman–Crippen MR) is 78.7 cm³/mol. The van der Waals surface area contributed by atoms with Gasteiger partial charge in [0.05, 0.1) is 10.9 Å². The van der Waals surface area contributed by atoms with E-state index < -0.39 is 16.1 Å². The van der Waals surface area contributed by atoms with Crippen LogP contribution in [0.25, 0.3) is 0 Å². The Morgan fingerprint density at radius 2 is 1.85 bits per heavy atom. The molecule has 0 unspecified atom stereocenters. The van der Waals surface area contributed by atoms with Crippen LogP contribution >= 0.6 is 0 Å². The summed E-state index contributed by atoms with van der Waals surface area (Å²) in [7, 11) is -2.12. The Balaban J connectivity index is 2.78. The zero-order valence-electron chi connectivity index (χ0n) is 11.9. The van der Waals surface area contributed by atoms with Crippen molar-refractivity contribution < 1.29 is 13.2 Å². The van der Waals surface area contributed by atoms with E-state index in [1.54, 1.807) is 0 Å². The number of carbonyl (C=O) groups is 1. The first kappa shape index (κ1) is 16.6. The van der Waals surface area contributed by atoms with Gasteiger partial charge >= 0.3 is 0 Å². The maximum atomic E-state index is 11.9. The highest BCUT2D eigenvalue weighted by Gasteiger charge is 2.19. The van der Waals surface area contributed by atoms with E-state index in [1.165, 1.54) is 31.3 Å². The van der Waals surface area contributed by atoms with Crippen LogP contribution in [0.5, 0.6) is 0 Å². The molecule has 0 saturated carbocycles. The van der Waals surface area contributed by atoms with Gasteiger partial charge in [-0.05, 0) is 37.2 Å². The van der Waals surface area contributed by atoms with Crippen LogP contribution < -0.4 is 15.8 Å². The Morgan fingerprint density at radius 3 is 2.30 bits per heavy atom. The van der Waals surface area contributed by atoms with Gasteiger partial charge in [-0.3, -0.25) is 4.79 Å². The van der Waals surface area contributed by atoms with Crippen LogP contribution in [0.3, 0.4) is 0 Å². The summed E-state index contributed by atoms with van der Waals surface area (Å²) in [6, 6.07) is 5.34. The van der Waals surface area contributed by atoms with Crippen molar-refractivity contribution in [2.45, 2.75) is 31.2 Å². The third-order valence-corrected chi connectivity index (χ3v) is 4.69. The first-order valence-corrected chi connectivity index (χ1v) is 7.90. The van der Waals surface area contributed by atoms with Crippen LogP contribution in [0.2, 0.25) is 0 Å². The van der Waals surface area contributed by atoms with E-state index in [2.05, 4.69) is 10.0 Å². The van der Waals surface area contributed by atoms with Gasteiger partial charge in [0, 0.05) is 5.69 Å². The number of hydrogen-bond donors (Lipinski definition) is 3. The number of rotatable bonds is 6. The molecule has 0 aromatic heterocycles. The van der Waals surface area contributed by atoms with E-state index in [9.17, 15) is 13.2 Å². The minimum Gasteiger partial charge on any atom is -0.325 e. The number of hydrogen-bond acceptors (Lipinski definition) is 4. The summed E-state index contributed by atoms with van der Waals surface area (Å²) in [4.78, 5) is 12.0. The molecule has 0 saturated heterocycles. The highest BCUT2D eigenvalue weighted by molar-refractivity contribution is 7.89. The van der Waals surface area contributed by atoms with Crippen molar-refractivity contribution in [1.82, 2.24) is 4.72 Å². The van der Waals surface area contributed by atoms with Crippen molar-refractivity contribution in [2.24, 2.45) is 11.7 Å². The fourth-order valence-electron chi connectivity index (χ4n) is 1.57. The Bertz CT molecular complexity index is 555. The van der Waals surface area contributed by atoms with Crippen LogP contribution in [0, 0.1) is 5.92 Å². The molecule has 1 amide bonds. The quantitative estimate of drug-likeness (QED) is 0.726. The predicted octanol–water partition coefficient (Wildman–Crippen LogP) is 0.907. The molecule has 1 aromatic rings. The summed E-state index contributed by atoms with van der Waals surface area (Å²) in [6.45, 7) is 3.88. The van der Waals surface area contributed by atoms with Crippen molar-refractivity contribution in [3.8, 4) is 0 Å². The van der Waals surface area contributed by atoms with E-state index >= 15 is 0 Å². The van der Waals surface area contributed by atoms with Gasteiger partial charge < -0.3 is 11.1 Å². The molecular formula is C13H21N3O3S. The molecule has 0 radical (unpaired) electrons. The molecule has 0 spiro atoms. The molecule has 2 atom stereocenters. The number of benzene rings is 1. The average Bonchev–Trinajstić information content (AvgIpc) is 2.46. The molecule has 0 fully saturated rings. The Hall–Kier alpha value is -1.44. The fraction of sp³-hybridized carbons (Fsp3) is 0.462. The summed E-state index contributed by atoms with van der Waals surface area (Å²) >= 11 is 0. The number of carbonyl (C=O) groups excluding carboxylic acids is 1. The molecule has 112 valence electrons. The molecule has 0 bridgehead atoms. The third kappa shape index (κ3) is 4.03. The van der Waals surface area contributed by atoms with Crippen molar-refractivity contribution in [3.05, 3.63) is 24.3 Å². The summed E-state index contributed by atoms with van der Waals surface area (Å²) in [5.74, 6) is -0.192. The zero-order valence-corrected chi connectivity index (χ0v) is 12.7. The fourth-order valence-corrected chi connectivity index (χ4v) is 2.30. The second-order valence-electron chi connectivity index (χ2n) is 4.63. The molecule has 1 aromatic carbocycles. The Labute approximate surface area is 119 Å². The standard InChI is InChI=1S/C13H21N3O3S/c1-4-9(2)12(14)13(17)16-10-5-7-11(8-6-10)20(18,19)15-3/h5-9,12,15H,4,14H2,1-3H3,(H,16,17)/t9-,12-/m0/s1. The lowest BCUT2D eigenvalue weighted by atomic mass is 9.99. The van der Waals surface area contributed by atoms with Gasteiger partial charge in [0.2, 0.25) is 15.9 Å². The number of anilines is 1. The highest BCUT2D eigenvalue weighted by atomic mass is 32.2. The van der Waals surface area contributed by atoms with E-state index in [0.29, 0.717) is 5.69 Å². The normalized spacial score (nSPS) is 14.6. The van der Waals surface area contributed by atoms with Crippen molar-refractivity contribution in [1.29, 1.82) is 0 Å². The topological polar surface area (TPSA) is 101 Å². The summed E-state index contributed by atoms with van der Waals surface area (Å²) in [5.41, 5.74) is 6.34. The lowest BCUT2D eigenvalue weighted by molar-refractivity contribution is -0.118. The largest absolute Gasteiger partial charge is 0.325 e. The highest BCUT2D eigenvalue weighted by Crippen LogP contribution is 2.15. The maximum absolute atomic E-state index is 11.9. The monoisotopic (exact) mass is 299 g/mol. The maximum Gasteiger partial charge on any atom is 0.241 e. The van der Waals surface area contributed by atoms with Gasteiger partial charge in [-0.2, -0.15) is 0 Å². The average molecular weight is 299 g/mol. The summed E-state index contributed by atoms with van der Waals surface area (Å²) in [5, 5.41) is 2.67. The molecule has 0 aliphatic rings. The number of amides is 1. The lowest BCUT2D eigenvalue weighted by Crippen LogP contribution is -2.40. The molecule has 6 nitrogen and oxygen atoms in total. The molecule has 0 aliphatic carbocycles. The summed E-state index contributed by atoms with van der Waals surface area (Å²) in [6.07, 6.45) is 0.813. The minimum absolute atomic E-state index is 0.0824. The second-order valence-corrected chi connectivity index (χ2v) is 6.52. The first-order valence-electron chi connectivity index (χ1n) is 6.42. The van der Waals surface area contributed by atoms with E-state index in [0.717, 1.165) is 6.42 Å². The summed E-state index contributed by atoms with van der Waals surface area (Å²) < 4.78 is 25.3. The minimum atomic E-state index is -3.46. The second kappa shape index (κ2) is 6.83. The molecule has 1 rings (SSSR count). The van der Waals surface area contributed by atoms with Gasteiger partial charge in [-0.15, -0.1) is 0 Å². The molecule has 7 heteroatoms. The molecule has 0 aliphatic heterocycles. The van der Waals surface area contributed by atoms with Crippen LogP contribution in [-0.2, 0) is 14.8 Å². The Kier molecular flexibility index (Phi) is 5.67. The third-order valence-electron chi connectivity index (χ3n) is 3.26. The van der Waals surface area contributed by atoms with Crippen LogP contribution in [0.15, 0.2) is 29.2 Å². The van der Waals surface area contributed by atoms with Crippen LogP contribution in [-0.4, -0.2) is 27.4 Å². The van der Waals surface area contributed by atoms with Gasteiger partial charge in [0.25, 0.3) is 0 Å². The van der Waals surface area contributed by atoms with Crippen LogP contribution in [0.4, 0.5) is 5.69 Å². The molecular weight excluding hydrogens is 278 g/mol. The number of sulfonamides is 1. The zero-order chi connectivity index (χ0) is 15.3. The molecule has 20 heavy (non-hydrogen) atoms. The molecule has 0 heterocycles. The number of nitrogens with one attached hydrogen (secondary N) is 2. The van der Waals surface area contributed by atoms with Gasteiger partial charge in [0.1, 0.15) is 0 Å². The van der Waals surface area contributed by atoms with E-state index in [-0.39, 0.29) is 16.7 Å². The van der Waals surface area contributed by atoms with Crippen molar-refractivity contribution in [2.75, 3.05) is 12.4 Å². The van der Waals surface area contributed by atoms with E-state index in [1.807, 2.05) is 13.8 Å². The Morgan fingerprint density at radius 1 is 1.30 bits per heavy atom. The number of nitrogens with two attached hydrogens (primary N) is 1. The van der Waals surface area contributed by atoms with Crippen molar-refractivity contribution >= 4 is 21.6 Å². The van der Waals surface area contributed by atoms with Gasteiger partial charge in [0.15, 0.2) is 0 Å². The van der Waals surface area contributed by atoms with E-state index in [4.69, 9.17) is 5.73 Å². The van der Waals surface area contributed by atoms with Crippen LogP contribution in [0.1, 0.15) is 20.3 Å².